The second-order valence-electron chi connectivity index (χ2n) is 4.33. The summed E-state index contributed by atoms with van der Waals surface area (Å²) in [5, 5.41) is 10.9. The number of piperidine rings is 1. The van der Waals surface area contributed by atoms with Crippen LogP contribution in [0.5, 0.6) is 0 Å². The first-order valence-electron chi connectivity index (χ1n) is 6.13. The predicted molar refractivity (Wildman–Crippen MR) is 65.4 cm³/mol. The van der Waals surface area contributed by atoms with Gasteiger partial charge in [-0.25, -0.2) is 4.79 Å². The molecule has 108 valence electrons. The van der Waals surface area contributed by atoms with Crippen molar-refractivity contribution >= 4 is 17.9 Å². The van der Waals surface area contributed by atoms with E-state index >= 15 is 0 Å². The van der Waals surface area contributed by atoms with Crippen molar-refractivity contribution in [3.05, 3.63) is 0 Å². The molecule has 1 aliphatic heterocycles. The molecule has 1 fully saturated rings. The summed E-state index contributed by atoms with van der Waals surface area (Å²) in [7, 11) is 0. The summed E-state index contributed by atoms with van der Waals surface area (Å²) >= 11 is 0. The van der Waals surface area contributed by atoms with E-state index in [9.17, 15) is 14.4 Å². The summed E-state index contributed by atoms with van der Waals surface area (Å²) in [5.74, 6) is -1.47. The van der Waals surface area contributed by atoms with Crippen LogP contribution in [0.4, 0.5) is 4.79 Å². The third-order valence-corrected chi connectivity index (χ3v) is 2.81. The van der Waals surface area contributed by atoms with Crippen LogP contribution < -0.4 is 11.1 Å². The lowest BCUT2D eigenvalue weighted by Gasteiger charge is -2.31. The number of nitrogens with zero attached hydrogens (tertiary/aromatic N) is 1. The summed E-state index contributed by atoms with van der Waals surface area (Å²) in [6, 6.07) is -0.317. The number of hydrogen-bond acceptors (Lipinski definition) is 4. The lowest BCUT2D eigenvalue weighted by Crippen LogP contribution is -2.47. The molecule has 0 aliphatic carbocycles. The molecule has 0 atom stereocenters. The van der Waals surface area contributed by atoms with Crippen LogP contribution in [-0.2, 0) is 14.3 Å². The standard InChI is InChI=1S/C11H19N3O5/c12-9(15)7-13-11(18)14-4-1-8(2-5-14)19-6-3-10(16)17/h8H,1-7H2,(H2,12,15)(H,13,18)(H,16,17). The molecule has 0 spiro atoms. The Morgan fingerprint density at radius 2 is 1.95 bits per heavy atom. The number of rotatable bonds is 6. The van der Waals surface area contributed by atoms with Gasteiger partial charge in [0.1, 0.15) is 0 Å². The SMILES string of the molecule is NC(=O)CNC(=O)N1CCC(OCCC(=O)O)CC1. The zero-order chi connectivity index (χ0) is 14.3. The Morgan fingerprint density at radius 3 is 2.47 bits per heavy atom. The molecule has 0 radical (unpaired) electrons. The Kier molecular flexibility index (Phi) is 6.07. The highest BCUT2D eigenvalue weighted by molar-refractivity contribution is 5.82. The summed E-state index contributed by atoms with van der Waals surface area (Å²) in [6.07, 6.45) is 1.28. The van der Waals surface area contributed by atoms with E-state index in [2.05, 4.69) is 5.32 Å². The minimum absolute atomic E-state index is 0.0143. The van der Waals surface area contributed by atoms with Gasteiger partial charge in [0.25, 0.3) is 0 Å². The van der Waals surface area contributed by atoms with Crippen LogP contribution in [-0.4, -0.2) is 60.3 Å². The van der Waals surface area contributed by atoms with Gasteiger partial charge in [-0.3, -0.25) is 9.59 Å². The number of hydrogen-bond donors (Lipinski definition) is 3. The zero-order valence-electron chi connectivity index (χ0n) is 10.6. The van der Waals surface area contributed by atoms with Crippen LogP contribution in [0.2, 0.25) is 0 Å². The maximum Gasteiger partial charge on any atom is 0.317 e. The van der Waals surface area contributed by atoms with Crippen LogP contribution in [0.15, 0.2) is 0 Å². The quantitative estimate of drug-likeness (QED) is 0.581. The van der Waals surface area contributed by atoms with E-state index in [-0.39, 0.29) is 31.7 Å². The third-order valence-electron chi connectivity index (χ3n) is 2.81. The molecule has 0 bridgehead atoms. The molecule has 0 aromatic rings. The summed E-state index contributed by atoms with van der Waals surface area (Å²) in [6.45, 7) is 1.05. The maximum absolute atomic E-state index is 11.6. The second kappa shape index (κ2) is 7.57. The first-order chi connectivity index (χ1) is 8.99. The van der Waals surface area contributed by atoms with Crippen molar-refractivity contribution in [3.8, 4) is 0 Å². The zero-order valence-corrected chi connectivity index (χ0v) is 10.6. The number of carbonyl (C=O) groups excluding carboxylic acids is 2. The Labute approximate surface area is 110 Å². The molecule has 8 heteroatoms. The molecule has 0 aromatic carbocycles. The van der Waals surface area contributed by atoms with E-state index in [1.54, 1.807) is 4.90 Å². The van der Waals surface area contributed by atoms with Gasteiger partial charge in [-0.2, -0.15) is 0 Å². The van der Waals surface area contributed by atoms with Gasteiger partial charge in [0.15, 0.2) is 0 Å². The van der Waals surface area contributed by atoms with E-state index in [0.717, 1.165) is 0 Å². The second-order valence-corrected chi connectivity index (χ2v) is 4.33. The molecule has 4 N–H and O–H groups in total. The molecule has 3 amide bonds. The average Bonchev–Trinajstić information content (AvgIpc) is 2.36. The van der Waals surface area contributed by atoms with E-state index in [0.29, 0.717) is 25.9 Å². The first-order valence-corrected chi connectivity index (χ1v) is 6.13. The lowest BCUT2D eigenvalue weighted by atomic mass is 10.1. The first kappa shape index (κ1) is 15.2. The van der Waals surface area contributed by atoms with Crippen LogP contribution in [0.3, 0.4) is 0 Å². The van der Waals surface area contributed by atoms with Gasteiger partial charge in [0.2, 0.25) is 5.91 Å². The molecule has 1 saturated heterocycles. The van der Waals surface area contributed by atoms with Crippen molar-refractivity contribution in [2.75, 3.05) is 26.2 Å². The van der Waals surface area contributed by atoms with E-state index in [4.69, 9.17) is 15.6 Å². The minimum atomic E-state index is -0.886. The van der Waals surface area contributed by atoms with Gasteiger partial charge in [-0.05, 0) is 12.8 Å². The fourth-order valence-electron chi connectivity index (χ4n) is 1.81. The Morgan fingerprint density at radius 1 is 1.32 bits per heavy atom. The Balaban J connectivity index is 2.19. The van der Waals surface area contributed by atoms with Crippen molar-refractivity contribution in [1.82, 2.24) is 10.2 Å². The number of carboxylic acid groups (broad SMARTS) is 1. The van der Waals surface area contributed by atoms with E-state index in [1.165, 1.54) is 0 Å². The van der Waals surface area contributed by atoms with Gasteiger partial charge in [0.05, 0.1) is 25.7 Å². The third kappa shape index (κ3) is 6.05. The topological polar surface area (TPSA) is 122 Å². The van der Waals surface area contributed by atoms with Gasteiger partial charge < -0.3 is 25.8 Å². The molecule has 0 aromatic heterocycles. The average molecular weight is 273 g/mol. The maximum atomic E-state index is 11.6. The summed E-state index contributed by atoms with van der Waals surface area (Å²) < 4.78 is 5.41. The van der Waals surface area contributed by atoms with Crippen LogP contribution in [0, 0.1) is 0 Å². The number of nitrogens with two attached hydrogens (primary N) is 1. The number of amides is 3. The molecule has 1 rings (SSSR count). The molecule has 0 saturated carbocycles. The Hall–Kier alpha value is -1.83. The number of likely N-dealkylation sites (tertiary alicyclic amines) is 1. The molecule has 19 heavy (non-hydrogen) atoms. The van der Waals surface area contributed by atoms with Crippen molar-refractivity contribution < 1.29 is 24.2 Å². The monoisotopic (exact) mass is 273 g/mol. The van der Waals surface area contributed by atoms with Gasteiger partial charge in [0, 0.05) is 13.1 Å². The van der Waals surface area contributed by atoms with Gasteiger partial charge in [-0.15, -0.1) is 0 Å². The molecular formula is C11H19N3O5. The number of nitrogens with one attached hydrogen (secondary N) is 1. The summed E-state index contributed by atoms with van der Waals surface area (Å²) in [5.41, 5.74) is 4.93. The van der Waals surface area contributed by atoms with Crippen molar-refractivity contribution in [1.29, 1.82) is 0 Å². The van der Waals surface area contributed by atoms with Crippen molar-refractivity contribution in [2.45, 2.75) is 25.4 Å². The number of primary amides is 1. The highest BCUT2D eigenvalue weighted by atomic mass is 16.5. The largest absolute Gasteiger partial charge is 0.481 e. The van der Waals surface area contributed by atoms with Gasteiger partial charge >= 0.3 is 12.0 Å². The van der Waals surface area contributed by atoms with E-state index < -0.39 is 11.9 Å². The fourth-order valence-corrected chi connectivity index (χ4v) is 1.81. The normalized spacial score (nSPS) is 16.1. The number of urea groups is 1. The highest BCUT2D eigenvalue weighted by Gasteiger charge is 2.23. The molecule has 8 nitrogen and oxygen atoms in total. The van der Waals surface area contributed by atoms with Crippen molar-refractivity contribution in [2.24, 2.45) is 5.73 Å². The van der Waals surface area contributed by atoms with Crippen LogP contribution >= 0.6 is 0 Å². The smallest absolute Gasteiger partial charge is 0.317 e. The van der Waals surface area contributed by atoms with Crippen molar-refractivity contribution in [3.63, 3.8) is 0 Å². The van der Waals surface area contributed by atoms with Crippen LogP contribution in [0.25, 0.3) is 0 Å². The van der Waals surface area contributed by atoms with Crippen LogP contribution in [0.1, 0.15) is 19.3 Å². The summed E-state index contributed by atoms with van der Waals surface area (Å²) in [4.78, 5) is 34.0. The Bertz CT molecular complexity index is 339. The number of aliphatic carboxylic acids is 1. The number of carboxylic acids is 1. The van der Waals surface area contributed by atoms with Gasteiger partial charge in [-0.1, -0.05) is 0 Å². The minimum Gasteiger partial charge on any atom is -0.481 e. The predicted octanol–water partition coefficient (Wildman–Crippen LogP) is -0.863. The lowest BCUT2D eigenvalue weighted by molar-refractivity contribution is -0.138. The number of carbonyl (C=O) groups is 3. The number of ether oxygens (including phenoxy) is 1. The molecule has 1 heterocycles. The molecule has 0 unspecified atom stereocenters. The molecular weight excluding hydrogens is 254 g/mol. The highest BCUT2D eigenvalue weighted by Crippen LogP contribution is 2.13. The van der Waals surface area contributed by atoms with E-state index in [1.807, 2.05) is 0 Å². The molecule has 1 aliphatic rings. The fraction of sp³-hybridized carbons (Fsp3) is 0.727.